The fourth-order valence-electron chi connectivity index (χ4n) is 2.76. The molecule has 0 radical (unpaired) electrons. The van der Waals surface area contributed by atoms with Crippen molar-refractivity contribution in [1.82, 2.24) is 15.2 Å². The number of carbonyl (C=O) groups excluding carboxylic acids is 2. The van der Waals surface area contributed by atoms with E-state index in [0.29, 0.717) is 5.56 Å². The van der Waals surface area contributed by atoms with E-state index >= 15 is 0 Å². The molecule has 1 aromatic carbocycles. The van der Waals surface area contributed by atoms with Gasteiger partial charge in [-0.15, -0.1) is 0 Å². The summed E-state index contributed by atoms with van der Waals surface area (Å²) in [5.74, 6) is -0.618. The van der Waals surface area contributed by atoms with Crippen LogP contribution >= 0.6 is 0 Å². The van der Waals surface area contributed by atoms with E-state index in [1.54, 1.807) is 12.3 Å². The third-order valence-corrected chi connectivity index (χ3v) is 4.25. The van der Waals surface area contributed by atoms with Crippen LogP contribution in [0.15, 0.2) is 30.5 Å². The monoisotopic (exact) mass is 339 g/mol. The van der Waals surface area contributed by atoms with Gasteiger partial charge in [0.25, 0.3) is 0 Å². The van der Waals surface area contributed by atoms with Gasteiger partial charge in [0.1, 0.15) is 0 Å². The van der Waals surface area contributed by atoms with E-state index in [4.69, 9.17) is 4.74 Å². The van der Waals surface area contributed by atoms with Gasteiger partial charge in [0.05, 0.1) is 0 Å². The lowest BCUT2D eigenvalue weighted by molar-refractivity contribution is 0.0469. The predicted octanol–water partition coefficient (Wildman–Crippen LogP) is 3.62. The van der Waals surface area contributed by atoms with Crippen molar-refractivity contribution in [2.24, 2.45) is 0 Å². The number of para-hydroxylation sites is 1. The number of hydrogen-bond donors (Lipinski definition) is 2. The molecule has 2 heterocycles. The number of Topliss-reactive ketones (excluding diaryl/α,β-unsaturated/α-hetero) is 1. The van der Waals surface area contributed by atoms with Crippen LogP contribution < -0.4 is 0 Å². The molecule has 0 aliphatic heterocycles. The van der Waals surface area contributed by atoms with Crippen molar-refractivity contribution in [2.45, 2.75) is 33.1 Å². The van der Waals surface area contributed by atoms with Crippen LogP contribution in [0.4, 0.5) is 0 Å². The summed E-state index contributed by atoms with van der Waals surface area (Å²) in [6, 6.07) is 7.49. The van der Waals surface area contributed by atoms with Crippen molar-refractivity contribution in [3.05, 3.63) is 53.0 Å². The van der Waals surface area contributed by atoms with Crippen LogP contribution in [0.2, 0.25) is 0 Å². The Morgan fingerprint density at radius 1 is 1.28 bits per heavy atom. The van der Waals surface area contributed by atoms with Gasteiger partial charge in [-0.3, -0.25) is 9.89 Å². The van der Waals surface area contributed by atoms with Crippen molar-refractivity contribution in [1.29, 1.82) is 0 Å². The first-order valence-electron chi connectivity index (χ1n) is 8.35. The standard InChI is InChI=1S/C19H21N3O3/c1-4-12-6-5-7-13-14(9-20-18(12)13)17(23)10-25-19(24)16-8-15(11(2)3)21-22-16/h5-9,11,20H,4,10H2,1-3H3,(H,21,22). The number of aryl methyl sites for hydroxylation is 1. The van der Waals surface area contributed by atoms with Crippen molar-refractivity contribution in [3.63, 3.8) is 0 Å². The summed E-state index contributed by atoms with van der Waals surface area (Å²) in [5, 5.41) is 7.58. The molecule has 0 saturated heterocycles. The van der Waals surface area contributed by atoms with Gasteiger partial charge in [0.2, 0.25) is 5.78 Å². The molecule has 0 bridgehead atoms. The molecule has 0 aliphatic carbocycles. The molecule has 130 valence electrons. The second kappa shape index (κ2) is 6.93. The number of esters is 1. The van der Waals surface area contributed by atoms with Crippen molar-refractivity contribution in [2.75, 3.05) is 6.61 Å². The zero-order valence-electron chi connectivity index (χ0n) is 14.6. The van der Waals surface area contributed by atoms with Crippen LogP contribution in [0.5, 0.6) is 0 Å². The highest BCUT2D eigenvalue weighted by Crippen LogP contribution is 2.22. The maximum absolute atomic E-state index is 12.4. The van der Waals surface area contributed by atoms with Gasteiger partial charge in [-0.25, -0.2) is 4.79 Å². The Bertz CT molecular complexity index is 921. The van der Waals surface area contributed by atoms with E-state index in [9.17, 15) is 9.59 Å². The Kier molecular flexibility index (Phi) is 4.70. The fourth-order valence-corrected chi connectivity index (χ4v) is 2.76. The van der Waals surface area contributed by atoms with E-state index in [2.05, 4.69) is 22.1 Å². The normalized spacial score (nSPS) is 11.2. The highest BCUT2D eigenvalue weighted by atomic mass is 16.5. The Labute approximate surface area is 145 Å². The smallest absolute Gasteiger partial charge is 0.359 e. The number of carbonyl (C=O) groups is 2. The Hall–Kier alpha value is -2.89. The number of fused-ring (bicyclic) bond motifs is 1. The average Bonchev–Trinajstić information content (AvgIpc) is 3.26. The van der Waals surface area contributed by atoms with E-state index < -0.39 is 5.97 Å². The van der Waals surface area contributed by atoms with Gasteiger partial charge in [-0.05, 0) is 24.0 Å². The molecular weight excluding hydrogens is 318 g/mol. The molecule has 2 aromatic heterocycles. The molecule has 0 saturated carbocycles. The predicted molar refractivity (Wildman–Crippen MR) is 95.0 cm³/mol. The molecule has 0 unspecified atom stereocenters. The summed E-state index contributed by atoms with van der Waals surface area (Å²) >= 11 is 0. The molecule has 6 heteroatoms. The summed E-state index contributed by atoms with van der Waals surface area (Å²) < 4.78 is 5.13. The molecule has 0 atom stereocenters. The number of hydrogen-bond acceptors (Lipinski definition) is 4. The van der Waals surface area contributed by atoms with Gasteiger partial charge in [0, 0.05) is 28.4 Å². The lowest BCUT2D eigenvalue weighted by Gasteiger charge is -2.03. The average molecular weight is 339 g/mol. The molecular formula is C19H21N3O3. The molecule has 3 rings (SSSR count). The van der Waals surface area contributed by atoms with E-state index in [0.717, 1.165) is 28.6 Å². The minimum absolute atomic E-state index is 0.184. The number of nitrogens with one attached hydrogen (secondary N) is 2. The Balaban J connectivity index is 1.71. The fraction of sp³-hybridized carbons (Fsp3) is 0.316. The molecule has 0 fully saturated rings. The second-order valence-electron chi connectivity index (χ2n) is 6.26. The lowest BCUT2D eigenvalue weighted by Crippen LogP contribution is -2.14. The summed E-state index contributed by atoms with van der Waals surface area (Å²) in [7, 11) is 0. The van der Waals surface area contributed by atoms with Gasteiger partial charge >= 0.3 is 5.97 Å². The third-order valence-electron chi connectivity index (χ3n) is 4.25. The van der Waals surface area contributed by atoms with Crippen LogP contribution in [-0.4, -0.2) is 33.5 Å². The van der Waals surface area contributed by atoms with Crippen molar-refractivity contribution in [3.8, 4) is 0 Å². The molecule has 2 N–H and O–H groups in total. The van der Waals surface area contributed by atoms with Crippen molar-refractivity contribution >= 4 is 22.7 Å². The highest BCUT2D eigenvalue weighted by Gasteiger charge is 2.18. The molecule has 0 amide bonds. The minimum Gasteiger partial charge on any atom is -0.453 e. The quantitative estimate of drug-likeness (QED) is 0.530. The number of aromatic nitrogens is 3. The van der Waals surface area contributed by atoms with Crippen molar-refractivity contribution < 1.29 is 14.3 Å². The molecule has 3 aromatic rings. The SMILES string of the molecule is CCc1cccc2c(C(=O)COC(=O)c3cc(C(C)C)[nH]n3)c[nH]c12. The number of rotatable bonds is 6. The van der Waals surface area contributed by atoms with Gasteiger partial charge < -0.3 is 9.72 Å². The van der Waals surface area contributed by atoms with Crippen LogP contribution in [0.1, 0.15) is 58.8 Å². The van der Waals surface area contributed by atoms with Gasteiger partial charge in [-0.1, -0.05) is 39.0 Å². The minimum atomic E-state index is -0.606. The summed E-state index contributed by atoms with van der Waals surface area (Å²) in [4.78, 5) is 27.6. The number of ketones is 1. The summed E-state index contributed by atoms with van der Waals surface area (Å²) in [6.45, 7) is 5.74. The van der Waals surface area contributed by atoms with Crippen LogP contribution in [0.25, 0.3) is 10.9 Å². The largest absolute Gasteiger partial charge is 0.453 e. The van der Waals surface area contributed by atoms with Crippen LogP contribution in [0, 0.1) is 0 Å². The Morgan fingerprint density at radius 3 is 2.76 bits per heavy atom. The first kappa shape index (κ1) is 17.0. The lowest BCUT2D eigenvalue weighted by atomic mass is 10.1. The zero-order valence-corrected chi connectivity index (χ0v) is 14.6. The first-order chi connectivity index (χ1) is 12.0. The van der Waals surface area contributed by atoms with E-state index in [-0.39, 0.29) is 24.0 Å². The van der Waals surface area contributed by atoms with Gasteiger partial charge in [0.15, 0.2) is 12.3 Å². The second-order valence-corrected chi connectivity index (χ2v) is 6.26. The highest BCUT2D eigenvalue weighted by molar-refractivity contribution is 6.09. The summed E-state index contributed by atoms with van der Waals surface area (Å²) in [6.07, 6.45) is 2.54. The molecule has 0 spiro atoms. The third kappa shape index (κ3) is 3.33. The summed E-state index contributed by atoms with van der Waals surface area (Å²) in [5.41, 5.74) is 3.66. The maximum Gasteiger partial charge on any atom is 0.359 e. The van der Waals surface area contributed by atoms with Gasteiger partial charge in [-0.2, -0.15) is 5.10 Å². The number of benzene rings is 1. The number of aromatic amines is 2. The number of ether oxygens (including phenoxy) is 1. The van der Waals surface area contributed by atoms with E-state index in [1.165, 1.54) is 0 Å². The van der Waals surface area contributed by atoms with E-state index in [1.807, 2.05) is 32.0 Å². The Morgan fingerprint density at radius 2 is 2.08 bits per heavy atom. The van der Waals surface area contributed by atoms with Crippen LogP contribution in [0.3, 0.4) is 0 Å². The molecule has 6 nitrogen and oxygen atoms in total. The maximum atomic E-state index is 12.4. The topological polar surface area (TPSA) is 87.8 Å². The first-order valence-corrected chi connectivity index (χ1v) is 8.35. The van der Waals surface area contributed by atoms with Crippen LogP contribution in [-0.2, 0) is 11.2 Å². The molecule has 25 heavy (non-hydrogen) atoms. The number of H-pyrrole nitrogens is 2. The zero-order chi connectivity index (χ0) is 18.0. The number of nitrogens with zero attached hydrogens (tertiary/aromatic N) is 1. The molecule has 0 aliphatic rings.